The van der Waals surface area contributed by atoms with E-state index in [0.29, 0.717) is 0 Å². The number of rotatable bonds is 9. The Hall–Kier alpha value is -0.0800. The molecule has 0 radical (unpaired) electrons. The molecule has 2 nitrogen and oxygen atoms in total. The Bertz CT molecular complexity index is 265. The van der Waals surface area contributed by atoms with E-state index in [2.05, 4.69) is 26.1 Å². The van der Waals surface area contributed by atoms with E-state index in [1.54, 1.807) is 0 Å². The second-order valence-corrected chi connectivity index (χ2v) is 7.57. The van der Waals surface area contributed by atoms with E-state index in [9.17, 15) is 0 Å². The van der Waals surface area contributed by atoms with Gasteiger partial charge in [0, 0.05) is 19.2 Å². The van der Waals surface area contributed by atoms with Gasteiger partial charge in [-0.3, -0.25) is 0 Å². The molecule has 0 saturated heterocycles. The van der Waals surface area contributed by atoms with E-state index in [1.165, 1.54) is 57.8 Å². The molecule has 1 N–H and O–H groups in total. The van der Waals surface area contributed by atoms with Crippen LogP contribution in [0.4, 0.5) is 0 Å². The number of hydrogen-bond acceptors (Lipinski definition) is 2. The molecular weight excluding hydrogens is 246 g/mol. The molecule has 0 unspecified atom stereocenters. The maximum absolute atomic E-state index is 6.43. The topological polar surface area (TPSA) is 21.3 Å². The third-order valence-corrected chi connectivity index (χ3v) is 5.22. The van der Waals surface area contributed by atoms with E-state index in [1.807, 2.05) is 0 Å². The molecule has 0 aliphatic heterocycles. The maximum atomic E-state index is 6.43. The molecule has 0 bridgehead atoms. The molecule has 0 atom stereocenters. The summed E-state index contributed by atoms with van der Waals surface area (Å²) in [5.41, 5.74) is 0.158. The summed E-state index contributed by atoms with van der Waals surface area (Å²) in [5, 5.41) is 3.72. The lowest BCUT2D eigenvalue weighted by atomic mass is 9.77. The fourth-order valence-corrected chi connectivity index (χ4v) is 3.38. The zero-order valence-electron chi connectivity index (χ0n) is 13.9. The van der Waals surface area contributed by atoms with E-state index < -0.39 is 0 Å². The van der Waals surface area contributed by atoms with Gasteiger partial charge in [0.25, 0.3) is 0 Å². The highest BCUT2D eigenvalue weighted by Crippen LogP contribution is 2.36. The van der Waals surface area contributed by atoms with Crippen LogP contribution in [0.3, 0.4) is 0 Å². The van der Waals surface area contributed by atoms with Crippen LogP contribution >= 0.6 is 0 Å². The van der Waals surface area contributed by atoms with Crippen molar-refractivity contribution in [2.24, 2.45) is 11.8 Å². The molecular formula is C18H35NO. The van der Waals surface area contributed by atoms with Crippen LogP contribution in [0.2, 0.25) is 0 Å². The first-order valence-corrected chi connectivity index (χ1v) is 9.01. The predicted molar refractivity (Wildman–Crippen MR) is 86.0 cm³/mol. The quantitative estimate of drug-likeness (QED) is 0.627. The summed E-state index contributed by atoms with van der Waals surface area (Å²) in [6.45, 7) is 8.99. The first-order valence-electron chi connectivity index (χ1n) is 9.01. The molecule has 2 rings (SSSR count). The second-order valence-electron chi connectivity index (χ2n) is 7.57. The van der Waals surface area contributed by atoms with Crippen LogP contribution in [0.1, 0.15) is 78.6 Å². The van der Waals surface area contributed by atoms with Crippen LogP contribution in [0.5, 0.6) is 0 Å². The molecule has 2 aliphatic carbocycles. The minimum atomic E-state index is 0.158. The average molecular weight is 281 g/mol. The Labute approximate surface area is 126 Å². The van der Waals surface area contributed by atoms with Gasteiger partial charge in [0.05, 0.1) is 5.60 Å². The van der Waals surface area contributed by atoms with Crippen LogP contribution in [-0.2, 0) is 4.74 Å². The summed E-state index contributed by atoms with van der Waals surface area (Å²) in [7, 11) is 0. The Morgan fingerprint density at radius 1 is 1.15 bits per heavy atom. The Morgan fingerprint density at radius 3 is 2.40 bits per heavy atom. The summed E-state index contributed by atoms with van der Waals surface area (Å²) in [6, 6.07) is 0.801. The summed E-state index contributed by atoms with van der Waals surface area (Å²) < 4.78 is 6.43. The van der Waals surface area contributed by atoms with Crippen molar-refractivity contribution in [1.82, 2.24) is 5.32 Å². The summed E-state index contributed by atoms with van der Waals surface area (Å²) in [6.07, 6.45) is 11.9. The fourth-order valence-electron chi connectivity index (χ4n) is 3.38. The van der Waals surface area contributed by atoms with Crippen LogP contribution in [0, 0.1) is 11.8 Å². The molecule has 2 heteroatoms. The molecule has 20 heavy (non-hydrogen) atoms. The molecule has 0 spiro atoms. The standard InChI is InChI=1S/C18H35NO/c1-4-16-9-11-18(12-10-16,14-19-17-7-8-17)20-13-5-6-15(2)3/h15-17,19H,4-14H2,1-3H3. The van der Waals surface area contributed by atoms with Crippen LogP contribution in [0.15, 0.2) is 0 Å². The van der Waals surface area contributed by atoms with Gasteiger partial charge in [0.2, 0.25) is 0 Å². The summed E-state index contributed by atoms with van der Waals surface area (Å²) >= 11 is 0. The van der Waals surface area contributed by atoms with Gasteiger partial charge < -0.3 is 10.1 Å². The van der Waals surface area contributed by atoms with Gasteiger partial charge in [-0.05, 0) is 63.2 Å². The first-order chi connectivity index (χ1) is 9.63. The molecule has 2 aliphatic rings. The van der Waals surface area contributed by atoms with Gasteiger partial charge in [-0.1, -0.05) is 27.2 Å². The zero-order chi connectivity index (χ0) is 14.4. The van der Waals surface area contributed by atoms with Crippen LogP contribution < -0.4 is 5.32 Å². The normalized spacial score (nSPS) is 30.9. The van der Waals surface area contributed by atoms with Crippen molar-refractivity contribution in [2.75, 3.05) is 13.2 Å². The van der Waals surface area contributed by atoms with E-state index in [4.69, 9.17) is 4.74 Å². The molecule has 0 aromatic rings. The second kappa shape index (κ2) is 7.79. The van der Waals surface area contributed by atoms with Crippen molar-refractivity contribution in [3.05, 3.63) is 0 Å². The van der Waals surface area contributed by atoms with Gasteiger partial charge in [-0.15, -0.1) is 0 Å². The van der Waals surface area contributed by atoms with Crippen LogP contribution in [-0.4, -0.2) is 24.8 Å². The van der Waals surface area contributed by atoms with Crippen molar-refractivity contribution in [1.29, 1.82) is 0 Å². The lowest BCUT2D eigenvalue weighted by Gasteiger charge is -2.40. The minimum absolute atomic E-state index is 0.158. The molecule has 0 heterocycles. The Kier molecular flexibility index (Phi) is 6.35. The highest BCUT2D eigenvalue weighted by Gasteiger charge is 2.37. The zero-order valence-corrected chi connectivity index (χ0v) is 13.9. The van der Waals surface area contributed by atoms with Crippen molar-refractivity contribution in [3.63, 3.8) is 0 Å². The third-order valence-electron chi connectivity index (χ3n) is 5.22. The number of ether oxygens (including phenoxy) is 1. The van der Waals surface area contributed by atoms with Crippen molar-refractivity contribution < 1.29 is 4.74 Å². The van der Waals surface area contributed by atoms with Crippen molar-refractivity contribution in [2.45, 2.75) is 90.2 Å². The summed E-state index contributed by atoms with van der Waals surface area (Å²) in [4.78, 5) is 0. The van der Waals surface area contributed by atoms with E-state index in [0.717, 1.165) is 31.0 Å². The van der Waals surface area contributed by atoms with Crippen LogP contribution in [0.25, 0.3) is 0 Å². The first kappa shape index (κ1) is 16.3. The maximum Gasteiger partial charge on any atom is 0.0806 e. The monoisotopic (exact) mass is 281 g/mol. The van der Waals surface area contributed by atoms with E-state index >= 15 is 0 Å². The molecule has 0 aromatic heterocycles. The van der Waals surface area contributed by atoms with Crippen molar-refractivity contribution in [3.8, 4) is 0 Å². The van der Waals surface area contributed by atoms with Gasteiger partial charge in [-0.25, -0.2) is 0 Å². The molecule has 0 amide bonds. The average Bonchev–Trinajstić information content (AvgIpc) is 3.26. The molecule has 2 saturated carbocycles. The third kappa shape index (κ3) is 5.37. The summed E-state index contributed by atoms with van der Waals surface area (Å²) in [5.74, 6) is 1.75. The highest BCUT2D eigenvalue weighted by atomic mass is 16.5. The highest BCUT2D eigenvalue weighted by molar-refractivity contribution is 4.92. The molecule has 0 aromatic carbocycles. The SMILES string of the molecule is CCC1CCC(CNC2CC2)(OCCCC(C)C)CC1. The van der Waals surface area contributed by atoms with Gasteiger partial charge in [0.1, 0.15) is 0 Å². The number of hydrogen-bond donors (Lipinski definition) is 1. The Balaban J connectivity index is 1.76. The lowest BCUT2D eigenvalue weighted by Crippen LogP contribution is -2.46. The molecule has 118 valence electrons. The minimum Gasteiger partial charge on any atom is -0.374 e. The lowest BCUT2D eigenvalue weighted by molar-refractivity contribution is -0.0783. The number of nitrogens with one attached hydrogen (secondary N) is 1. The molecule has 2 fully saturated rings. The van der Waals surface area contributed by atoms with E-state index in [-0.39, 0.29) is 5.60 Å². The largest absolute Gasteiger partial charge is 0.374 e. The Morgan fingerprint density at radius 2 is 1.85 bits per heavy atom. The van der Waals surface area contributed by atoms with Gasteiger partial charge in [-0.2, -0.15) is 0 Å². The fraction of sp³-hybridized carbons (Fsp3) is 1.00. The predicted octanol–water partition coefficient (Wildman–Crippen LogP) is 4.53. The smallest absolute Gasteiger partial charge is 0.0806 e. The van der Waals surface area contributed by atoms with Gasteiger partial charge in [0.15, 0.2) is 0 Å². The van der Waals surface area contributed by atoms with Crippen molar-refractivity contribution >= 4 is 0 Å². The van der Waals surface area contributed by atoms with Gasteiger partial charge >= 0.3 is 0 Å².